The predicted octanol–water partition coefficient (Wildman–Crippen LogP) is 1.92. The lowest BCUT2D eigenvalue weighted by Gasteiger charge is -2.11. The molecular weight excluding hydrogens is 181 g/mol. The van der Waals surface area contributed by atoms with Crippen molar-refractivity contribution in [2.45, 2.75) is 25.6 Å². The summed E-state index contributed by atoms with van der Waals surface area (Å²) in [6.07, 6.45) is -0.620. The zero-order valence-electron chi connectivity index (χ0n) is 8.53. The quantitative estimate of drug-likeness (QED) is 0.800. The Bertz CT molecular complexity index is 271. The molecule has 2 N–H and O–H groups in total. The molecule has 3 heteroatoms. The number of alkyl halides is 1. The number of benzene rings is 1. The first-order valence-corrected chi connectivity index (χ1v) is 4.66. The van der Waals surface area contributed by atoms with Gasteiger partial charge in [0.25, 0.3) is 0 Å². The second kappa shape index (κ2) is 4.96. The molecule has 0 saturated carbocycles. The van der Waals surface area contributed by atoms with Crippen molar-refractivity contribution in [1.29, 1.82) is 0 Å². The number of hydrogen-bond acceptors (Lipinski definition) is 2. The van der Waals surface area contributed by atoms with Crippen molar-refractivity contribution in [3.8, 4) is 5.75 Å². The van der Waals surface area contributed by atoms with Crippen molar-refractivity contribution in [1.82, 2.24) is 0 Å². The van der Waals surface area contributed by atoms with E-state index < -0.39 is 12.2 Å². The number of ether oxygens (including phenoxy) is 1. The SMILES string of the molecule is COc1ccc(CC(F)C(C)N)cc1. The van der Waals surface area contributed by atoms with E-state index in [9.17, 15) is 4.39 Å². The number of halogens is 1. The number of hydrogen-bond donors (Lipinski definition) is 1. The number of nitrogens with two attached hydrogens (primary N) is 1. The van der Waals surface area contributed by atoms with Gasteiger partial charge < -0.3 is 10.5 Å². The fraction of sp³-hybridized carbons (Fsp3) is 0.455. The highest BCUT2D eigenvalue weighted by Gasteiger charge is 2.12. The maximum Gasteiger partial charge on any atom is 0.119 e. The van der Waals surface area contributed by atoms with Crippen LogP contribution in [0.5, 0.6) is 5.75 Å². The van der Waals surface area contributed by atoms with E-state index in [4.69, 9.17) is 10.5 Å². The van der Waals surface area contributed by atoms with Crippen LogP contribution in [0.2, 0.25) is 0 Å². The molecule has 0 bridgehead atoms. The standard InChI is InChI=1S/C11H16FNO/c1-8(13)11(12)7-9-3-5-10(14-2)6-4-9/h3-6,8,11H,7,13H2,1-2H3. The summed E-state index contributed by atoms with van der Waals surface area (Å²) in [5, 5.41) is 0. The normalized spacial score (nSPS) is 14.9. The van der Waals surface area contributed by atoms with E-state index in [0.29, 0.717) is 6.42 Å². The van der Waals surface area contributed by atoms with Crippen molar-refractivity contribution in [3.63, 3.8) is 0 Å². The smallest absolute Gasteiger partial charge is 0.119 e. The van der Waals surface area contributed by atoms with Gasteiger partial charge in [0.1, 0.15) is 11.9 Å². The Kier molecular flexibility index (Phi) is 3.89. The van der Waals surface area contributed by atoms with Crippen molar-refractivity contribution in [2.75, 3.05) is 7.11 Å². The summed E-state index contributed by atoms with van der Waals surface area (Å²) in [7, 11) is 1.61. The molecule has 2 nitrogen and oxygen atoms in total. The van der Waals surface area contributed by atoms with Gasteiger partial charge in [-0.05, 0) is 24.6 Å². The average molecular weight is 197 g/mol. The van der Waals surface area contributed by atoms with Crippen LogP contribution < -0.4 is 10.5 Å². The van der Waals surface area contributed by atoms with Crippen molar-refractivity contribution >= 4 is 0 Å². The molecule has 0 spiro atoms. The Balaban J connectivity index is 2.59. The third-order valence-corrected chi connectivity index (χ3v) is 2.16. The molecule has 0 aromatic heterocycles. The van der Waals surface area contributed by atoms with Gasteiger partial charge in [0.2, 0.25) is 0 Å². The molecule has 2 atom stereocenters. The number of methoxy groups -OCH3 is 1. The molecule has 0 radical (unpaired) electrons. The monoisotopic (exact) mass is 197 g/mol. The van der Waals surface area contributed by atoms with Gasteiger partial charge >= 0.3 is 0 Å². The maximum absolute atomic E-state index is 13.2. The Labute approximate surface area is 83.9 Å². The lowest BCUT2D eigenvalue weighted by molar-refractivity contribution is 0.290. The van der Waals surface area contributed by atoms with Crippen molar-refractivity contribution in [2.24, 2.45) is 5.73 Å². The summed E-state index contributed by atoms with van der Waals surface area (Å²) in [6.45, 7) is 1.67. The Hall–Kier alpha value is -1.09. The zero-order chi connectivity index (χ0) is 10.6. The molecule has 0 aliphatic carbocycles. The van der Waals surface area contributed by atoms with E-state index in [1.165, 1.54) is 0 Å². The van der Waals surface area contributed by atoms with Crippen LogP contribution in [0, 0.1) is 0 Å². The Morgan fingerprint density at radius 3 is 2.36 bits per heavy atom. The van der Waals surface area contributed by atoms with Gasteiger partial charge in [-0.15, -0.1) is 0 Å². The largest absolute Gasteiger partial charge is 0.497 e. The van der Waals surface area contributed by atoms with Gasteiger partial charge in [0.15, 0.2) is 0 Å². The minimum atomic E-state index is -0.983. The van der Waals surface area contributed by atoms with Crippen LogP contribution in [-0.2, 0) is 6.42 Å². The van der Waals surface area contributed by atoms with E-state index in [-0.39, 0.29) is 0 Å². The molecule has 1 aromatic carbocycles. The first-order valence-electron chi connectivity index (χ1n) is 4.66. The number of rotatable bonds is 4. The Morgan fingerprint density at radius 2 is 1.93 bits per heavy atom. The van der Waals surface area contributed by atoms with Crippen LogP contribution in [-0.4, -0.2) is 19.3 Å². The highest BCUT2D eigenvalue weighted by Crippen LogP contribution is 2.14. The molecule has 78 valence electrons. The van der Waals surface area contributed by atoms with Crippen LogP contribution in [0.3, 0.4) is 0 Å². The fourth-order valence-electron chi connectivity index (χ4n) is 1.17. The van der Waals surface area contributed by atoms with Gasteiger partial charge in [-0.25, -0.2) is 4.39 Å². The summed E-state index contributed by atoms with van der Waals surface area (Å²) in [5.41, 5.74) is 6.38. The van der Waals surface area contributed by atoms with Crippen LogP contribution >= 0.6 is 0 Å². The molecule has 0 aliphatic rings. The lowest BCUT2D eigenvalue weighted by Crippen LogP contribution is -2.29. The molecular formula is C11H16FNO. The highest BCUT2D eigenvalue weighted by atomic mass is 19.1. The molecule has 0 fully saturated rings. The predicted molar refractivity (Wildman–Crippen MR) is 55.2 cm³/mol. The summed E-state index contributed by atoms with van der Waals surface area (Å²) < 4.78 is 18.2. The van der Waals surface area contributed by atoms with Crippen LogP contribution in [0.1, 0.15) is 12.5 Å². The van der Waals surface area contributed by atoms with Crippen molar-refractivity contribution in [3.05, 3.63) is 29.8 Å². The van der Waals surface area contributed by atoms with Gasteiger partial charge in [-0.2, -0.15) is 0 Å². The summed E-state index contributed by atoms with van der Waals surface area (Å²) >= 11 is 0. The maximum atomic E-state index is 13.2. The highest BCUT2D eigenvalue weighted by molar-refractivity contribution is 5.27. The van der Waals surface area contributed by atoms with E-state index in [0.717, 1.165) is 11.3 Å². The molecule has 0 aliphatic heterocycles. The van der Waals surface area contributed by atoms with Crippen LogP contribution in [0.4, 0.5) is 4.39 Å². The van der Waals surface area contributed by atoms with E-state index in [2.05, 4.69) is 0 Å². The van der Waals surface area contributed by atoms with Gasteiger partial charge in [-0.1, -0.05) is 12.1 Å². The van der Waals surface area contributed by atoms with Crippen molar-refractivity contribution < 1.29 is 9.13 Å². The van der Waals surface area contributed by atoms with Gasteiger partial charge in [-0.3, -0.25) is 0 Å². The van der Waals surface area contributed by atoms with Crippen LogP contribution in [0.25, 0.3) is 0 Å². The van der Waals surface area contributed by atoms with Gasteiger partial charge in [0, 0.05) is 12.5 Å². The first-order chi connectivity index (χ1) is 6.63. The third-order valence-electron chi connectivity index (χ3n) is 2.16. The summed E-state index contributed by atoms with van der Waals surface area (Å²) in [5.74, 6) is 0.782. The molecule has 1 rings (SSSR count). The minimum absolute atomic E-state index is 0.363. The molecule has 2 unspecified atom stereocenters. The van der Waals surface area contributed by atoms with Gasteiger partial charge in [0.05, 0.1) is 7.11 Å². The first kappa shape index (κ1) is 11.0. The fourth-order valence-corrected chi connectivity index (χ4v) is 1.17. The molecule has 0 saturated heterocycles. The molecule has 14 heavy (non-hydrogen) atoms. The molecule has 0 heterocycles. The summed E-state index contributed by atoms with van der Waals surface area (Å²) in [4.78, 5) is 0. The minimum Gasteiger partial charge on any atom is -0.497 e. The second-order valence-corrected chi connectivity index (χ2v) is 3.43. The zero-order valence-corrected chi connectivity index (χ0v) is 8.53. The second-order valence-electron chi connectivity index (χ2n) is 3.43. The topological polar surface area (TPSA) is 35.2 Å². The van der Waals surface area contributed by atoms with E-state index in [1.54, 1.807) is 14.0 Å². The van der Waals surface area contributed by atoms with E-state index in [1.807, 2.05) is 24.3 Å². The average Bonchev–Trinajstić information content (AvgIpc) is 2.19. The molecule has 0 amide bonds. The Morgan fingerprint density at radius 1 is 1.36 bits per heavy atom. The molecule has 1 aromatic rings. The van der Waals surface area contributed by atoms with Crippen LogP contribution in [0.15, 0.2) is 24.3 Å². The lowest BCUT2D eigenvalue weighted by atomic mass is 10.0. The third kappa shape index (κ3) is 3.00. The van der Waals surface area contributed by atoms with E-state index >= 15 is 0 Å². The summed E-state index contributed by atoms with van der Waals surface area (Å²) in [6, 6.07) is 6.94.